The topological polar surface area (TPSA) is 30.7 Å². The highest BCUT2D eigenvalue weighted by atomic mass is 15.0. The molecule has 0 saturated carbocycles. The van der Waals surface area contributed by atoms with Crippen molar-refractivity contribution in [3.8, 4) is 61.8 Å². The average molecular weight is 776 g/mol. The Hall–Kier alpha value is -8.14. The molecule has 0 aliphatic rings. The number of fused-ring (bicyclic) bond motifs is 7. The molecule has 2 aromatic heterocycles. The summed E-state index contributed by atoms with van der Waals surface area (Å²) in [5.41, 5.74) is 13.1. The van der Waals surface area contributed by atoms with Gasteiger partial charge in [0, 0.05) is 33.2 Å². The third-order valence-corrected chi connectivity index (χ3v) is 12.2. The van der Waals surface area contributed by atoms with Crippen LogP contribution < -0.4 is 0 Å². The van der Waals surface area contributed by atoms with Crippen LogP contribution in [0.4, 0.5) is 0 Å². The summed E-state index contributed by atoms with van der Waals surface area (Å²) in [5.74, 6) is 0.695. The van der Waals surface area contributed by atoms with Crippen LogP contribution in [0.25, 0.3) is 116 Å². The number of hydrogen-bond donors (Lipinski definition) is 0. The first-order chi connectivity index (χ1) is 30.2. The fourth-order valence-corrected chi connectivity index (χ4v) is 9.33. The van der Waals surface area contributed by atoms with Gasteiger partial charge in [0.05, 0.1) is 22.4 Å². The van der Waals surface area contributed by atoms with Gasteiger partial charge in [-0.05, 0) is 97.0 Å². The Kier molecular flexibility index (Phi) is 8.17. The molecular formula is C58H37N3. The van der Waals surface area contributed by atoms with Crippen molar-refractivity contribution >= 4 is 54.1 Å². The highest BCUT2D eigenvalue weighted by Gasteiger charge is 2.19. The molecule has 0 unspecified atom stereocenters. The van der Waals surface area contributed by atoms with Crippen molar-refractivity contribution < 1.29 is 0 Å². The summed E-state index contributed by atoms with van der Waals surface area (Å²) in [5, 5.41) is 9.87. The van der Waals surface area contributed by atoms with Gasteiger partial charge < -0.3 is 4.57 Å². The van der Waals surface area contributed by atoms with E-state index in [1.165, 1.54) is 65.3 Å². The van der Waals surface area contributed by atoms with Crippen molar-refractivity contribution in [2.75, 3.05) is 0 Å². The maximum atomic E-state index is 5.33. The molecule has 12 rings (SSSR count). The highest BCUT2D eigenvalue weighted by Crippen LogP contribution is 2.43. The van der Waals surface area contributed by atoms with Crippen LogP contribution in [0.1, 0.15) is 0 Å². The van der Waals surface area contributed by atoms with E-state index >= 15 is 0 Å². The minimum atomic E-state index is 0.695. The molecule has 0 saturated heterocycles. The molecule has 0 spiro atoms. The summed E-state index contributed by atoms with van der Waals surface area (Å²) in [6.07, 6.45) is 0. The first-order valence-corrected chi connectivity index (χ1v) is 20.8. The van der Waals surface area contributed by atoms with Crippen molar-refractivity contribution in [2.45, 2.75) is 0 Å². The van der Waals surface area contributed by atoms with Crippen LogP contribution in [0.15, 0.2) is 224 Å². The van der Waals surface area contributed by atoms with Crippen molar-refractivity contribution in [3.05, 3.63) is 224 Å². The molecule has 61 heavy (non-hydrogen) atoms. The lowest BCUT2D eigenvalue weighted by Crippen LogP contribution is -1.97. The van der Waals surface area contributed by atoms with E-state index < -0.39 is 0 Å². The molecule has 3 heteroatoms. The molecule has 3 nitrogen and oxygen atoms in total. The lowest BCUT2D eigenvalue weighted by Gasteiger charge is -2.17. The smallest absolute Gasteiger partial charge is 0.160 e. The van der Waals surface area contributed by atoms with Gasteiger partial charge in [0.25, 0.3) is 0 Å². The van der Waals surface area contributed by atoms with Crippen molar-refractivity contribution in [1.29, 1.82) is 0 Å². The summed E-state index contributed by atoms with van der Waals surface area (Å²) < 4.78 is 2.36. The molecule has 0 amide bonds. The van der Waals surface area contributed by atoms with Gasteiger partial charge in [0.15, 0.2) is 5.82 Å². The van der Waals surface area contributed by atoms with Gasteiger partial charge in [-0.15, -0.1) is 0 Å². The van der Waals surface area contributed by atoms with E-state index in [9.17, 15) is 0 Å². The number of nitrogens with zero attached hydrogens (tertiary/aromatic N) is 3. The second-order valence-electron chi connectivity index (χ2n) is 15.7. The molecule has 0 aliphatic carbocycles. The third kappa shape index (κ3) is 5.90. The van der Waals surface area contributed by atoms with Crippen LogP contribution >= 0.6 is 0 Å². The van der Waals surface area contributed by atoms with Crippen LogP contribution in [0, 0.1) is 0 Å². The standard InChI is InChI=1S/C58H37N3/c1-3-16-41(17-4-1)58-59-53(40-29-27-38(28-30-40)42-32-34-56-52(35-42)48-24-13-14-26-55(48)61(56)44-19-5-2-6-20-44)37-54(60-58)47-23-11-12-25-49(47)57-46-22-10-8-18-43(46)36-51-45-21-9-7-15-39(45)31-33-50(51)57/h1-37H. The first kappa shape index (κ1) is 34.9. The summed E-state index contributed by atoms with van der Waals surface area (Å²) in [4.78, 5) is 10.6. The van der Waals surface area contributed by atoms with Gasteiger partial charge in [-0.1, -0.05) is 182 Å². The monoisotopic (exact) mass is 775 g/mol. The lowest BCUT2D eigenvalue weighted by atomic mass is 9.87. The van der Waals surface area contributed by atoms with E-state index in [-0.39, 0.29) is 0 Å². The molecule has 0 atom stereocenters. The molecule has 0 bridgehead atoms. The Morgan fingerprint density at radius 3 is 1.72 bits per heavy atom. The number of aromatic nitrogens is 3. The molecule has 10 aromatic carbocycles. The fourth-order valence-electron chi connectivity index (χ4n) is 9.33. The molecule has 0 radical (unpaired) electrons. The van der Waals surface area contributed by atoms with Crippen LogP contribution in [0.5, 0.6) is 0 Å². The van der Waals surface area contributed by atoms with E-state index in [1.807, 2.05) is 6.07 Å². The highest BCUT2D eigenvalue weighted by molar-refractivity contribution is 6.21. The zero-order valence-electron chi connectivity index (χ0n) is 33.2. The van der Waals surface area contributed by atoms with Crippen molar-refractivity contribution in [1.82, 2.24) is 14.5 Å². The maximum Gasteiger partial charge on any atom is 0.160 e. The third-order valence-electron chi connectivity index (χ3n) is 12.2. The number of rotatable bonds is 6. The number of hydrogen-bond acceptors (Lipinski definition) is 2. The Labute approximate surface area is 353 Å². The first-order valence-electron chi connectivity index (χ1n) is 20.8. The zero-order chi connectivity index (χ0) is 40.3. The maximum absolute atomic E-state index is 5.33. The van der Waals surface area contributed by atoms with Crippen LogP contribution in [0.3, 0.4) is 0 Å². The van der Waals surface area contributed by atoms with Gasteiger partial charge in [-0.25, -0.2) is 9.97 Å². The Morgan fingerprint density at radius 1 is 0.295 bits per heavy atom. The van der Waals surface area contributed by atoms with Crippen LogP contribution in [-0.4, -0.2) is 14.5 Å². The minimum Gasteiger partial charge on any atom is -0.309 e. The quantitative estimate of drug-likeness (QED) is 0.124. The van der Waals surface area contributed by atoms with E-state index in [2.05, 4.69) is 223 Å². The van der Waals surface area contributed by atoms with E-state index in [1.54, 1.807) is 0 Å². The lowest BCUT2D eigenvalue weighted by molar-refractivity contribution is 1.18. The van der Waals surface area contributed by atoms with Crippen molar-refractivity contribution in [3.63, 3.8) is 0 Å². The summed E-state index contributed by atoms with van der Waals surface area (Å²) in [7, 11) is 0. The fraction of sp³-hybridized carbons (Fsp3) is 0. The van der Waals surface area contributed by atoms with Gasteiger partial charge >= 0.3 is 0 Å². The Morgan fingerprint density at radius 2 is 0.902 bits per heavy atom. The van der Waals surface area contributed by atoms with E-state index in [4.69, 9.17) is 9.97 Å². The van der Waals surface area contributed by atoms with Crippen molar-refractivity contribution in [2.24, 2.45) is 0 Å². The SMILES string of the molecule is c1ccc(-c2nc(-c3ccc(-c4ccc5c(c4)c4ccccc4n5-c4ccccc4)cc3)cc(-c3ccccc3-c3c4ccccc4cc4c3ccc3ccccc34)n2)cc1. The summed E-state index contributed by atoms with van der Waals surface area (Å²) in [6.45, 7) is 0. The molecule has 0 N–H and O–H groups in total. The molecular weight excluding hydrogens is 739 g/mol. The van der Waals surface area contributed by atoms with Crippen LogP contribution in [0.2, 0.25) is 0 Å². The van der Waals surface area contributed by atoms with Gasteiger partial charge in [0.2, 0.25) is 0 Å². The van der Waals surface area contributed by atoms with E-state index in [0.29, 0.717) is 5.82 Å². The zero-order valence-corrected chi connectivity index (χ0v) is 33.2. The molecule has 0 aliphatic heterocycles. The normalized spacial score (nSPS) is 11.6. The second kappa shape index (κ2) is 14.3. The molecule has 12 aromatic rings. The molecule has 284 valence electrons. The summed E-state index contributed by atoms with van der Waals surface area (Å²) in [6, 6.07) is 80.5. The summed E-state index contributed by atoms with van der Waals surface area (Å²) >= 11 is 0. The van der Waals surface area contributed by atoms with Gasteiger partial charge in [-0.3, -0.25) is 0 Å². The minimum absolute atomic E-state index is 0.695. The number of para-hydroxylation sites is 2. The largest absolute Gasteiger partial charge is 0.309 e. The Bertz CT molecular complexity index is 3620. The average Bonchev–Trinajstić information content (AvgIpc) is 3.67. The van der Waals surface area contributed by atoms with Crippen LogP contribution in [-0.2, 0) is 0 Å². The van der Waals surface area contributed by atoms with Gasteiger partial charge in [0.1, 0.15) is 0 Å². The van der Waals surface area contributed by atoms with E-state index in [0.717, 1.165) is 44.9 Å². The molecule has 2 heterocycles. The predicted molar refractivity (Wildman–Crippen MR) is 256 cm³/mol. The number of benzene rings is 10. The predicted octanol–water partition coefficient (Wildman–Crippen LogP) is 15.4. The molecule has 0 fully saturated rings. The Balaban J connectivity index is 1.00. The van der Waals surface area contributed by atoms with Gasteiger partial charge in [-0.2, -0.15) is 0 Å². The second-order valence-corrected chi connectivity index (χ2v) is 15.7.